The van der Waals surface area contributed by atoms with Crippen LogP contribution in [0.1, 0.15) is 61.0 Å². The molecule has 5 atom stereocenters. The summed E-state index contributed by atoms with van der Waals surface area (Å²) in [5.74, 6) is -0.0113. The molecule has 11 heteroatoms. The number of hydrogen-bond acceptors (Lipinski definition) is 11. The van der Waals surface area contributed by atoms with Gasteiger partial charge in [0.2, 0.25) is 0 Å². The predicted octanol–water partition coefficient (Wildman–Crippen LogP) is 12.8. The summed E-state index contributed by atoms with van der Waals surface area (Å²) in [6, 6.07) is 67.7. The van der Waals surface area contributed by atoms with Crippen molar-refractivity contribution in [3.05, 3.63) is 268 Å². The Morgan fingerprint density at radius 3 is 1.42 bits per heavy atom. The molecule has 76 heavy (non-hydrogen) atoms. The Morgan fingerprint density at radius 2 is 0.934 bits per heavy atom. The lowest BCUT2D eigenvalue weighted by atomic mass is 9.87. The van der Waals surface area contributed by atoms with E-state index >= 15 is 0 Å². The summed E-state index contributed by atoms with van der Waals surface area (Å²) < 4.78 is 59.1. The van der Waals surface area contributed by atoms with Gasteiger partial charge in [0.25, 0.3) is 0 Å². The van der Waals surface area contributed by atoms with E-state index in [4.69, 9.17) is 42.6 Å². The number of ketones is 1. The minimum Gasteiger partial charge on any atom is -0.506 e. The van der Waals surface area contributed by atoms with Crippen molar-refractivity contribution in [1.29, 1.82) is 0 Å². The molecule has 1 aliphatic heterocycles. The van der Waals surface area contributed by atoms with Gasteiger partial charge in [-0.3, -0.25) is 4.79 Å². The SMILES string of the molecule is COCOc1ccc(/C=C/C(=O)c2c(OCc3ccccc3)cc(OCc3ccccc3)c([C@@H]3O[C@H](COCc4ccccc4)[C@@H](OCc4ccccc4)[C@H](OCc4ccccc4)[C@H]3OCc3ccccc3)c2O)cc1. The van der Waals surface area contributed by atoms with E-state index in [1.165, 1.54) is 6.08 Å². The highest BCUT2D eigenvalue weighted by molar-refractivity contribution is 6.11. The van der Waals surface area contributed by atoms with Crippen LogP contribution in [0.3, 0.4) is 0 Å². The summed E-state index contributed by atoms with van der Waals surface area (Å²) in [4.78, 5) is 15.0. The maximum absolute atomic E-state index is 15.0. The monoisotopic (exact) mass is 1020 g/mol. The van der Waals surface area contributed by atoms with E-state index in [0.717, 1.165) is 38.9 Å². The first kappa shape index (κ1) is 53.0. The number of allylic oxidation sites excluding steroid dienone is 1. The van der Waals surface area contributed by atoms with Gasteiger partial charge in [0.15, 0.2) is 12.6 Å². The maximum Gasteiger partial charge on any atom is 0.193 e. The molecule has 0 aliphatic carbocycles. The average Bonchev–Trinajstić information content (AvgIpc) is 3.48. The first-order chi connectivity index (χ1) is 37.5. The molecular formula is C65H62O11. The Morgan fingerprint density at radius 1 is 0.500 bits per heavy atom. The smallest absolute Gasteiger partial charge is 0.193 e. The number of carbonyl (C=O) groups excluding carboxylic acids is 1. The molecule has 1 heterocycles. The summed E-state index contributed by atoms with van der Waals surface area (Å²) >= 11 is 0. The molecule has 388 valence electrons. The lowest BCUT2D eigenvalue weighted by Crippen LogP contribution is -2.58. The summed E-state index contributed by atoms with van der Waals surface area (Å²) in [5.41, 5.74) is 6.26. The van der Waals surface area contributed by atoms with E-state index in [9.17, 15) is 9.90 Å². The van der Waals surface area contributed by atoms with Crippen molar-refractivity contribution in [2.45, 2.75) is 70.2 Å². The molecule has 11 nitrogen and oxygen atoms in total. The fourth-order valence-corrected chi connectivity index (χ4v) is 8.93. The third-order valence-corrected chi connectivity index (χ3v) is 12.8. The van der Waals surface area contributed by atoms with Crippen LogP contribution in [0.2, 0.25) is 0 Å². The van der Waals surface area contributed by atoms with Crippen LogP contribution in [0, 0.1) is 0 Å². The first-order valence-electron chi connectivity index (χ1n) is 25.4. The van der Waals surface area contributed by atoms with Crippen LogP contribution in [0.15, 0.2) is 218 Å². The standard InChI is InChI=1S/C65H62O11/c1-68-46-75-54-35-32-47(33-36-54)34-37-55(66)59-56(70-40-49-22-10-3-11-23-49)38-57(71-41-50-24-12-4-13-25-50)60(61(59)67)63-65(74-44-53-30-18-7-19-31-53)64(73-43-52-28-16-6-17-29-52)62(72-42-51-26-14-5-15-27-51)58(76-63)45-69-39-48-20-8-2-9-21-48/h2-38,58,62-65,67H,39-46H2,1H3/b37-34+/t58-,62-,63+,64+,65+/m1/s1. The van der Waals surface area contributed by atoms with Gasteiger partial charge in [-0.25, -0.2) is 0 Å². The highest BCUT2D eigenvalue weighted by atomic mass is 16.7. The van der Waals surface area contributed by atoms with Gasteiger partial charge in [0, 0.05) is 13.2 Å². The molecule has 1 saturated heterocycles. The number of phenols is 1. The van der Waals surface area contributed by atoms with Gasteiger partial charge in [-0.15, -0.1) is 0 Å². The van der Waals surface area contributed by atoms with Gasteiger partial charge < -0.3 is 47.7 Å². The van der Waals surface area contributed by atoms with Crippen molar-refractivity contribution in [1.82, 2.24) is 0 Å². The Hall–Kier alpha value is -7.87. The number of phenolic OH excluding ortho intramolecular Hbond substituents is 1. The van der Waals surface area contributed by atoms with Crippen molar-refractivity contribution in [3.63, 3.8) is 0 Å². The second-order valence-electron chi connectivity index (χ2n) is 18.3. The molecule has 1 aliphatic rings. The second kappa shape index (κ2) is 27.6. The van der Waals surface area contributed by atoms with Crippen molar-refractivity contribution < 1.29 is 52.5 Å². The number of aromatic hydroxyl groups is 1. The third-order valence-electron chi connectivity index (χ3n) is 12.8. The van der Waals surface area contributed by atoms with Crippen LogP contribution in [0.25, 0.3) is 6.08 Å². The summed E-state index contributed by atoms with van der Waals surface area (Å²) in [6.45, 7) is 1.19. The zero-order valence-corrected chi connectivity index (χ0v) is 42.4. The molecule has 1 fully saturated rings. The number of methoxy groups -OCH3 is 1. The number of ether oxygens (including phenoxy) is 9. The molecule has 0 radical (unpaired) electrons. The number of carbonyl (C=O) groups is 1. The zero-order valence-electron chi connectivity index (χ0n) is 42.4. The van der Waals surface area contributed by atoms with Crippen molar-refractivity contribution in [2.24, 2.45) is 0 Å². The molecular weight excluding hydrogens is 957 g/mol. The molecule has 0 spiro atoms. The van der Waals surface area contributed by atoms with Gasteiger partial charge in [-0.2, -0.15) is 0 Å². The normalized spacial score (nSPS) is 17.3. The molecule has 0 amide bonds. The Bertz CT molecular complexity index is 3010. The van der Waals surface area contributed by atoms with E-state index in [1.54, 1.807) is 31.4 Å². The van der Waals surface area contributed by atoms with Crippen LogP contribution in [-0.4, -0.2) is 55.8 Å². The maximum atomic E-state index is 15.0. The van der Waals surface area contributed by atoms with Crippen LogP contribution < -0.4 is 14.2 Å². The van der Waals surface area contributed by atoms with Crippen LogP contribution in [0.4, 0.5) is 0 Å². The molecule has 8 aromatic carbocycles. The third kappa shape index (κ3) is 14.7. The van der Waals surface area contributed by atoms with E-state index in [1.807, 2.05) is 194 Å². The molecule has 0 aromatic heterocycles. The quantitative estimate of drug-likeness (QED) is 0.0317. The predicted molar refractivity (Wildman–Crippen MR) is 291 cm³/mol. The average molecular weight is 1020 g/mol. The van der Waals surface area contributed by atoms with Gasteiger partial charge in [0.05, 0.1) is 38.6 Å². The number of benzene rings is 8. The Balaban J connectivity index is 1.20. The number of rotatable bonds is 26. The van der Waals surface area contributed by atoms with E-state index in [2.05, 4.69) is 0 Å². The number of hydrogen-bond donors (Lipinski definition) is 1. The molecule has 0 saturated carbocycles. The summed E-state index contributed by atoms with van der Waals surface area (Å²) in [7, 11) is 1.55. The van der Waals surface area contributed by atoms with E-state index < -0.39 is 42.1 Å². The van der Waals surface area contributed by atoms with Gasteiger partial charge in [0.1, 0.15) is 72.3 Å². The zero-order chi connectivity index (χ0) is 52.2. The largest absolute Gasteiger partial charge is 0.506 e. The van der Waals surface area contributed by atoms with Crippen LogP contribution >= 0.6 is 0 Å². The summed E-state index contributed by atoms with van der Waals surface area (Å²) in [5, 5.41) is 13.2. The Kier molecular flexibility index (Phi) is 19.2. The minimum atomic E-state index is -1.16. The fraction of sp³-hybridized carbons (Fsp3) is 0.215. The molecule has 8 aromatic rings. The summed E-state index contributed by atoms with van der Waals surface area (Å²) in [6.07, 6.45) is -1.52. The van der Waals surface area contributed by atoms with Crippen molar-refractivity contribution >= 4 is 11.9 Å². The molecule has 0 unspecified atom stereocenters. The molecule has 0 bridgehead atoms. The molecule has 9 rings (SSSR count). The van der Waals surface area contributed by atoms with Gasteiger partial charge in [-0.05, 0) is 57.2 Å². The van der Waals surface area contributed by atoms with E-state index in [-0.39, 0.29) is 75.7 Å². The van der Waals surface area contributed by atoms with Crippen molar-refractivity contribution in [2.75, 3.05) is 20.5 Å². The lowest BCUT2D eigenvalue weighted by molar-refractivity contribution is -0.275. The minimum absolute atomic E-state index is 0.0600. The van der Waals surface area contributed by atoms with E-state index in [0.29, 0.717) is 5.75 Å². The van der Waals surface area contributed by atoms with Crippen molar-refractivity contribution in [3.8, 4) is 23.0 Å². The van der Waals surface area contributed by atoms with Gasteiger partial charge in [-0.1, -0.05) is 200 Å². The Labute approximate surface area is 444 Å². The first-order valence-corrected chi connectivity index (χ1v) is 25.4. The highest BCUT2D eigenvalue weighted by Crippen LogP contribution is 2.49. The van der Waals surface area contributed by atoms with Gasteiger partial charge >= 0.3 is 0 Å². The topological polar surface area (TPSA) is 120 Å². The van der Waals surface area contributed by atoms with Crippen LogP contribution in [-0.2, 0) is 68.1 Å². The fourth-order valence-electron chi connectivity index (χ4n) is 8.93. The second-order valence-corrected chi connectivity index (χ2v) is 18.3. The highest BCUT2D eigenvalue weighted by Gasteiger charge is 2.51. The lowest BCUT2D eigenvalue weighted by Gasteiger charge is -2.46. The van der Waals surface area contributed by atoms with Crippen LogP contribution in [0.5, 0.6) is 23.0 Å². The molecule has 1 N–H and O–H groups in total.